The lowest BCUT2D eigenvalue weighted by Crippen LogP contribution is -2.62. The standard InChI is InChI=1S/C15H24N2O2/c1-9(16-10(2)18)14(19)17-15-6-11-3-12(7-15)5-13(4-11)8-15/h9,11-13H,3-8H2,1-2H3,(H,16,18)(H,17,19)/t9-,11?,12?,13?,15?/m1/s1. The summed E-state index contributed by atoms with van der Waals surface area (Å²) in [6.07, 6.45) is 7.57. The molecule has 106 valence electrons. The molecular weight excluding hydrogens is 240 g/mol. The van der Waals surface area contributed by atoms with Crippen LogP contribution in [0, 0.1) is 17.8 Å². The van der Waals surface area contributed by atoms with Crippen molar-refractivity contribution in [2.24, 2.45) is 17.8 Å². The molecule has 4 nitrogen and oxygen atoms in total. The van der Waals surface area contributed by atoms with Gasteiger partial charge >= 0.3 is 0 Å². The van der Waals surface area contributed by atoms with Crippen molar-refractivity contribution in [3.63, 3.8) is 0 Å². The van der Waals surface area contributed by atoms with E-state index in [0.29, 0.717) is 0 Å². The fourth-order valence-electron chi connectivity index (χ4n) is 5.00. The summed E-state index contributed by atoms with van der Waals surface area (Å²) in [6.45, 7) is 3.21. The Bertz CT molecular complexity index is 370. The van der Waals surface area contributed by atoms with E-state index in [0.717, 1.165) is 37.0 Å². The molecule has 0 unspecified atom stereocenters. The van der Waals surface area contributed by atoms with E-state index in [4.69, 9.17) is 0 Å². The maximum Gasteiger partial charge on any atom is 0.242 e. The van der Waals surface area contributed by atoms with Crippen molar-refractivity contribution in [1.29, 1.82) is 0 Å². The Labute approximate surface area is 114 Å². The lowest BCUT2D eigenvalue weighted by atomic mass is 9.53. The minimum absolute atomic E-state index is 0.0165. The lowest BCUT2D eigenvalue weighted by Gasteiger charge is -2.57. The zero-order valence-corrected chi connectivity index (χ0v) is 11.9. The number of carbonyl (C=O) groups excluding carboxylic acids is 2. The molecule has 4 bridgehead atoms. The van der Waals surface area contributed by atoms with Gasteiger partial charge in [0.15, 0.2) is 0 Å². The molecule has 4 fully saturated rings. The number of rotatable bonds is 3. The van der Waals surface area contributed by atoms with Crippen molar-refractivity contribution >= 4 is 11.8 Å². The summed E-state index contributed by atoms with van der Waals surface area (Å²) < 4.78 is 0. The average Bonchev–Trinajstić information content (AvgIpc) is 2.24. The molecule has 0 spiro atoms. The zero-order chi connectivity index (χ0) is 13.6. The molecule has 0 aromatic heterocycles. The van der Waals surface area contributed by atoms with Crippen LogP contribution in [-0.2, 0) is 9.59 Å². The zero-order valence-electron chi connectivity index (χ0n) is 11.9. The summed E-state index contributed by atoms with van der Waals surface area (Å²) in [6, 6.07) is -0.425. The van der Waals surface area contributed by atoms with Crippen molar-refractivity contribution in [3.8, 4) is 0 Å². The fourth-order valence-corrected chi connectivity index (χ4v) is 5.00. The Kier molecular flexibility index (Phi) is 3.06. The van der Waals surface area contributed by atoms with E-state index in [2.05, 4.69) is 10.6 Å². The van der Waals surface area contributed by atoms with Crippen molar-refractivity contribution in [3.05, 3.63) is 0 Å². The van der Waals surface area contributed by atoms with Crippen molar-refractivity contribution in [2.45, 2.75) is 64.0 Å². The molecule has 1 atom stereocenters. The van der Waals surface area contributed by atoms with Gasteiger partial charge in [0.05, 0.1) is 0 Å². The molecule has 0 heterocycles. The van der Waals surface area contributed by atoms with Crippen LogP contribution in [0.15, 0.2) is 0 Å². The van der Waals surface area contributed by atoms with Gasteiger partial charge in [-0.25, -0.2) is 0 Å². The highest BCUT2D eigenvalue weighted by molar-refractivity contribution is 5.86. The van der Waals surface area contributed by atoms with E-state index in [1.54, 1.807) is 6.92 Å². The molecule has 4 aliphatic carbocycles. The van der Waals surface area contributed by atoms with E-state index in [1.807, 2.05) is 0 Å². The van der Waals surface area contributed by atoms with E-state index in [9.17, 15) is 9.59 Å². The van der Waals surface area contributed by atoms with Gasteiger partial charge in [-0.2, -0.15) is 0 Å². The number of hydrogen-bond acceptors (Lipinski definition) is 2. The van der Waals surface area contributed by atoms with Crippen LogP contribution in [-0.4, -0.2) is 23.4 Å². The first kappa shape index (κ1) is 12.9. The Hall–Kier alpha value is -1.06. The Balaban J connectivity index is 1.66. The van der Waals surface area contributed by atoms with Gasteiger partial charge in [-0.05, 0) is 63.2 Å². The van der Waals surface area contributed by atoms with Gasteiger partial charge in [-0.3, -0.25) is 9.59 Å². The number of amides is 2. The highest BCUT2D eigenvalue weighted by Gasteiger charge is 2.51. The summed E-state index contributed by atoms with van der Waals surface area (Å²) in [5.74, 6) is 2.30. The molecule has 0 aromatic rings. The van der Waals surface area contributed by atoms with Crippen LogP contribution in [0.25, 0.3) is 0 Å². The van der Waals surface area contributed by atoms with Crippen molar-refractivity contribution < 1.29 is 9.59 Å². The molecule has 2 N–H and O–H groups in total. The Morgan fingerprint density at radius 1 is 1.05 bits per heavy atom. The third-order valence-corrected chi connectivity index (χ3v) is 5.24. The smallest absolute Gasteiger partial charge is 0.242 e. The molecule has 4 rings (SSSR count). The van der Waals surface area contributed by atoms with Gasteiger partial charge in [0.2, 0.25) is 11.8 Å². The maximum absolute atomic E-state index is 12.2. The van der Waals surface area contributed by atoms with Crippen molar-refractivity contribution in [2.75, 3.05) is 0 Å². The summed E-state index contributed by atoms with van der Waals surface area (Å²) in [7, 11) is 0. The predicted octanol–water partition coefficient (Wildman–Crippen LogP) is 1.60. The maximum atomic E-state index is 12.2. The van der Waals surface area contributed by atoms with Gasteiger partial charge in [-0.15, -0.1) is 0 Å². The monoisotopic (exact) mass is 264 g/mol. The molecule has 4 heteroatoms. The van der Waals surface area contributed by atoms with Crippen LogP contribution in [0.5, 0.6) is 0 Å². The van der Waals surface area contributed by atoms with Crippen LogP contribution in [0.1, 0.15) is 52.4 Å². The molecule has 2 amide bonds. The van der Waals surface area contributed by atoms with Gasteiger partial charge in [-0.1, -0.05) is 0 Å². The molecular formula is C15H24N2O2. The minimum atomic E-state index is -0.425. The largest absolute Gasteiger partial charge is 0.349 e. The molecule has 0 aromatic carbocycles. The number of hydrogen-bond donors (Lipinski definition) is 2. The Morgan fingerprint density at radius 2 is 1.53 bits per heavy atom. The summed E-state index contributed by atoms with van der Waals surface area (Å²) in [4.78, 5) is 23.3. The van der Waals surface area contributed by atoms with Crippen LogP contribution < -0.4 is 10.6 Å². The summed E-state index contributed by atoms with van der Waals surface area (Å²) >= 11 is 0. The van der Waals surface area contributed by atoms with Crippen molar-refractivity contribution in [1.82, 2.24) is 10.6 Å². The average molecular weight is 264 g/mol. The molecule has 4 aliphatic rings. The van der Waals surface area contributed by atoms with Gasteiger partial charge in [0.1, 0.15) is 6.04 Å². The SMILES string of the molecule is CC(=O)N[C@H](C)C(=O)NC12CC3CC(CC(C3)C1)C2. The van der Waals surface area contributed by atoms with E-state index in [-0.39, 0.29) is 17.4 Å². The van der Waals surface area contributed by atoms with Gasteiger partial charge < -0.3 is 10.6 Å². The topological polar surface area (TPSA) is 58.2 Å². The molecule has 0 radical (unpaired) electrons. The number of nitrogens with one attached hydrogen (secondary N) is 2. The first-order valence-electron chi connectivity index (χ1n) is 7.55. The van der Waals surface area contributed by atoms with E-state index < -0.39 is 6.04 Å². The minimum Gasteiger partial charge on any atom is -0.349 e. The second-order valence-corrected chi connectivity index (χ2v) is 7.11. The van der Waals surface area contributed by atoms with Gasteiger partial charge in [0.25, 0.3) is 0 Å². The van der Waals surface area contributed by atoms with Gasteiger partial charge in [0, 0.05) is 12.5 Å². The van der Waals surface area contributed by atoms with E-state index in [1.165, 1.54) is 26.2 Å². The molecule has 0 saturated heterocycles. The normalized spacial score (nSPS) is 40.8. The molecule has 0 aliphatic heterocycles. The summed E-state index contributed by atoms with van der Waals surface area (Å²) in [5.41, 5.74) is 0.0402. The quantitative estimate of drug-likeness (QED) is 0.813. The van der Waals surface area contributed by atoms with Crippen LogP contribution in [0.4, 0.5) is 0 Å². The second kappa shape index (κ2) is 4.50. The highest BCUT2D eigenvalue weighted by atomic mass is 16.2. The van der Waals surface area contributed by atoms with E-state index >= 15 is 0 Å². The molecule has 4 saturated carbocycles. The lowest BCUT2D eigenvalue weighted by molar-refractivity contribution is -0.131. The fraction of sp³-hybridized carbons (Fsp3) is 0.867. The third-order valence-electron chi connectivity index (χ3n) is 5.24. The first-order chi connectivity index (χ1) is 8.96. The first-order valence-corrected chi connectivity index (χ1v) is 7.55. The van der Waals surface area contributed by atoms with Crippen LogP contribution in [0.3, 0.4) is 0 Å². The Morgan fingerprint density at radius 3 is 1.95 bits per heavy atom. The van der Waals surface area contributed by atoms with Crippen LogP contribution in [0.2, 0.25) is 0 Å². The number of carbonyl (C=O) groups is 2. The summed E-state index contributed by atoms with van der Waals surface area (Å²) in [5, 5.41) is 5.95. The second-order valence-electron chi connectivity index (χ2n) is 7.11. The third kappa shape index (κ3) is 2.49. The molecule has 19 heavy (non-hydrogen) atoms. The van der Waals surface area contributed by atoms with Crippen LogP contribution >= 0.6 is 0 Å². The highest BCUT2D eigenvalue weighted by Crippen LogP contribution is 2.55. The predicted molar refractivity (Wildman–Crippen MR) is 72.3 cm³/mol.